The quantitative estimate of drug-likeness (QED) is 0.843. The molecular formula is C10H11ClO4. The second-order valence-electron chi connectivity index (χ2n) is 2.79. The van der Waals surface area contributed by atoms with Gasteiger partial charge in [-0.05, 0) is 12.1 Å². The van der Waals surface area contributed by atoms with Crippen molar-refractivity contribution in [3.05, 3.63) is 23.2 Å². The number of halogens is 1. The van der Waals surface area contributed by atoms with Crippen LogP contribution in [-0.2, 0) is 4.79 Å². The van der Waals surface area contributed by atoms with E-state index < -0.39 is 5.97 Å². The molecule has 0 aromatic heterocycles. The summed E-state index contributed by atoms with van der Waals surface area (Å²) in [6.07, 6.45) is -0.0599. The Kier molecular flexibility index (Phi) is 4.24. The molecule has 1 N–H and O–H groups in total. The maximum absolute atomic E-state index is 10.3. The van der Waals surface area contributed by atoms with E-state index in [0.717, 1.165) is 0 Å². The molecule has 0 heterocycles. The predicted octanol–water partition coefficient (Wildman–Crippen LogP) is 2.20. The Labute approximate surface area is 92.4 Å². The van der Waals surface area contributed by atoms with Crippen molar-refractivity contribution in [2.45, 2.75) is 6.42 Å². The highest BCUT2D eigenvalue weighted by atomic mass is 35.5. The van der Waals surface area contributed by atoms with Crippen LogP contribution in [0.5, 0.6) is 11.5 Å². The molecule has 0 bridgehead atoms. The van der Waals surface area contributed by atoms with Crippen molar-refractivity contribution in [1.82, 2.24) is 0 Å². The molecule has 1 rings (SSSR count). The highest BCUT2D eigenvalue weighted by Crippen LogP contribution is 2.29. The third kappa shape index (κ3) is 3.67. The minimum Gasteiger partial charge on any atom is -0.493 e. The lowest BCUT2D eigenvalue weighted by Crippen LogP contribution is -2.05. The maximum atomic E-state index is 10.3. The van der Waals surface area contributed by atoms with E-state index in [1.54, 1.807) is 18.2 Å². The van der Waals surface area contributed by atoms with Crippen molar-refractivity contribution in [3.8, 4) is 11.5 Å². The minimum atomic E-state index is -0.906. The van der Waals surface area contributed by atoms with E-state index in [0.29, 0.717) is 16.5 Å². The van der Waals surface area contributed by atoms with Crippen LogP contribution in [0.4, 0.5) is 0 Å². The van der Waals surface area contributed by atoms with E-state index >= 15 is 0 Å². The highest BCUT2D eigenvalue weighted by Gasteiger charge is 2.05. The zero-order chi connectivity index (χ0) is 11.3. The van der Waals surface area contributed by atoms with Crippen LogP contribution in [-0.4, -0.2) is 24.8 Å². The molecule has 82 valence electrons. The van der Waals surface area contributed by atoms with Crippen LogP contribution in [0, 0.1) is 0 Å². The summed E-state index contributed by atoms with van der Waals surface area (Å²) in [5.74, 6) is 0.0760. The molecule has 0 radical (unpaired) electrons. The zero-order valence-electron chi connectivity index (χ0n) is 8.20. The Morgan fingerprint density at radius 2 is 2.20 bits per heavy atom. The zero-order valence-corrected chi connectivity index (χ0v) is 8.95. The number of methoxy groups -OCH3 is 1. The molecule has 0 aliphatic carbocycles. The van der Waals surface area contributed by atoms with Gasteiger partial charge < -0.3 is 14.6 Å². The van der Waals surface area contributed by atoms with Gasteiger partial charge >= 0.3 is 5.97 Å². The van der Waals surface area contributed by atoms with Crippen LogP contribution < -0.4 is 9.47 Å². The lowest BCUT2D eigenvalue weighted by atomic mass is 10.3. The Hall–Kier alpha value is -1.42. The highest BCUT2D eigenvalue weighted by molar-refractivity contribution is 6.30. The van der Waals surface area contributed by atoms with E-state index in [-0.39, 0.29) is 13.0 Å². The topological polar surface area (TPSA) is 55.8 Å². The van der Waals surface area contributed by atoms with E-state index in [4.69, 9.17) is 26.2 Å². The summed E-state index contributed by atoms with van der Waals surface area (Å²) >= 11 is 5.76. The SMILES string of the molecule is COc1ccc(Cl)cc1OCCC(=O)O. The Morgan fingerprint density at radius 3 is 2.80 bits per heavy atom. The molecule has 0 atom stereocenters. The van der Waals surface area contributed by atoms with Gasteiger partial charge in [0.15, 0.2) is 11.5 Å². The number of ether oxygens (including phenoxy) is 2. The van der Waals surface area contributed by atoms with E-state index in [9.17, 15) is 4.79 Å². The summed E-state index contributed by atoms with van der Waals surface area (Å²) in [5.41, 5.74) is 0. The normalized spacial score (nSPS) is 9.73. The van der Waals surface area contributed by atoms with Crippen LogP contribution in [0.15, 0.2) is 18.2 Å². The predicted molar refractivity (Wildman–Crippen MR) is 55.8 cm³/mol. The summed E-state index contributed by atoms with van der Waals surface area (Å²) in [4.78, 5) is 10.3. The van der Waals surface area contributed by atoms with Crippen molar-refractivity contribution in [1.29, 1.82) is 0 Å². The van der Waals surface area contributed by atoms with Gasteiger partial charge in [-0.1, -0.05) is 11.6 Å². The van der Waals surface area contributed by atoms with E-state index in [2.05, 4.69) is 0 Å². The average Bonchev–Trinajstić information content (AvgIpc) is 2.17. The third-order valence-electron chi connectivity index (χ3n) is 1.70. The molecule has 0 aliphatic rings. The van der Waals surface area contributed by atoms with Gasteiger partial charge in [-0.3, -0.25) is 4.79 Å². The number of carboxylic acid groups (broad SMARTS) is 1. The summed E-state index contributed by atoms with van der Waals surface area (Å²) in [6, 6.07) is 4.92. The molecule has 1 aromatic carbocycles. The van der Waals surface area contributed by atoms with Crippen molar-refractivity contribution >= 4 is 17.6 Å². The molecule has 1 aromatic rings. The molecule has 0 amide bonds. The van der Waals surface area contributed by atoms with Gasteiger partial charge in [-0.2, -0.15) is 0 Å². The van der Waals surface area contributed by atoms with Gasteiger partial charge in [0, 0.05) is 11.1 Å². The number of carbonyl (C=O) groups is 1. The van der Waals surface area contributed by atoms with Gasteiger partial charge in [0.25, 0.3) is 0 Å². The first-order valence-corrected chi connectivity index (χ1v) is 4.69. The lowest BCUT2D eigenvalue weighted by molar-refractivity contribution is -0.137. The fourth-order valence-electron chi connectivity index (χ4n) is 1.01. The second-order valence-corrected chi connectivity index (χ2v) is 3.22. The number of hydrogen-bond donors (Lipinski definition) is 1. The van der Waals surface area contributed by atoms with Crippen molar-refractivity contribution in [2.24, 2.45) is 0 Å². The summed E-state index contributed by atoms with van der Waals surface area (Å²) in [6.45, 7) is 0.0893. The first-order valence-electron chi connectivity index (χ1n) is 4.31. The Morgan fingerprint density at radius 1 is 1.47 bits per heavy atom. The second kappa shape index (κ2) is 5.46. The molecule has 0 saturated carbocycles. The molecule has 0 unspecified atom stereocenters. The number of aliphatic carboxylic acids is 1. The number of hydrogen-bond acceptors (Lipinski definition) is 3. The van der Waals surface area contributed by atoms with E-state index in [1.807, 2.05) is 0 Å². The van der Waals surface area contributed by atoms with Crippen LogP contribution in [0.25, 0.3) is 0 Å². The van der Waals surface area contributed by atoms with Crippen LogP contribution in [0.1, 0.15) is 6.42 Å². The monoisotopic (exact) mass is 230 g/mol. The summed E-state index contributed by atoms with van der Waals surface area (Å²) in [5, 5.41) is 8.95. The number of benzene rings is 1. The smallest absolute Gasteiger partial charge is 0.306 e. The van der Waals surface area contributed by atoms with Gasteiger partial charge in [-0.15, -0.1) is 0 Å². The first kappa shape index (κ1) is 11.7. The minimum absolute atomic E-state index is 0.0599. The summed E-state index contributed by atoms with van der Waals surface area (Å²) < 4.78 is 10.3. The molecule has 0 saturated heterocycles. The first-order chi connectivity index (χ1) is 7.13. The molecule has 0 aliphatic heterocycles. The van der Waals surface area contributed by atoms with Crippen molar-refractivity contribution in [2.75, 3.05) is 13.7 Å². The Balaban J connectivity index is 2.65. The molecular weight excluding hydrogens is 220 g/mol. The van der Waals surface area contributed by atoms with Crippen molar-refractivity contribution < 1.29 is 19.4 Å². The molecule has 15 heavy (non-hydrogen) atoms. The van der Waals surface area contributed by atoms with Gasteiger partial charge in [0.2, 0.25) is 0 Å². The Bertz CT molecular complexity index is 351. The largest absolute Gasteiger partial charge is 0.493 e. The van der Waals surface area contributed by atoms with Crippen LogP contribution in [0.3, 0.4) is 0 Å². The van der Waals surface area contributed by atoms with Crippen molar-refractivity contribution in [3.63, 3.8) is 0 Å². The fourth-order valence-corrected chi connectivity index (χ4v) is 1.17. The lowest BCUT2D eigenvalue weighted by Gasteiger charge is -2.09. The van der Waals surface area contributed by atoms with E-state index in [1.165, 1.54) is 7.11 Å². The van der Waals surface area contributed by atoms with Gasteiger partial charge in [-0.25, -0.2) is 0 Å². The van der Waals surface area contributed by atoms with Crippen LogP contribution in [0.2, 0.25) is 5.02 Å². The summed E-state index contributed by atoms with van der Waals surface area (Å²) in [7, 11) is 1.51. The van der Waals surface area contributed by atoms with Crippen LogP contribution >= 0.6 is 11.6 Å². The fraction of sp³-hybridized carbons (Fsp3) is 0.300. The molecule has 0 fully saturated rings. The number of rotatable bonds is 5. The molecule has 5 heteroatoms. The molecule has 4 nitrogen and oxygen atoms in total. The van der Waals surface area contributed by atoms with Gasteiger partial charge in [0.1, 0.15) is 0 Å². The standard InChI is InChI=1S/C10H11ClO4/c1-14-8-3-2-7(11)6-9(8)15-5-4-10(12)13/h2-3,6H,4-5H2,1H3,(H,12,13). The number of carboxylic acids is 1. The average molecular weight is 231 g/mol. The van der Waals surface area contributed by atoms with Gasteiger partial charge in [0.05, 0.1) is 20.1 Å². The third-order valence-corrected chi connectivity index (χ3v) is 1.93. The maximum Gasteiger partial charge on any atom is 0.306 e. The molecule has 0 spiro atoms.